The van der Waals surface area contributed by atoms with E-state index in [0.29, 0.717) is 18.8 Å². The van der Waals surface area contributed by atoms with Crippen LogP contribution in [0.2, 0.25) is 0 Å². The van der Waals surface area contributed by atoms with Crippen molar-refractivity contribution in [3.05, 3.63) is 41.5 Å². The zero-order valence-corrected chi connectivity index (χ0v) is 15.7. The number of carbonyl (C=O) groups is 1. The first kappa shape index (κ1) is 19.0. The summed E-state index contributed by atoms with van der Waals surface area (Å²) in [6, 6.07) is 4.40. The normalized spacial score (nSPS) is 19.0. The maximum absolute atomic E-state index is 14.9. The van der Waals surface area contributed by atoms with Gasteiger partial charge in [-0.3, -0.25) is 4.90 Å². The van der Waals surface area contributed by atoms with Crippen molar-refractivity contribution >= 4 is 17.7 Å². The monoisotopic (exact) mass is 404 g/mol. The number of amides is 1. The summed E-state index contributed by atoms with van der Waals surface area (Å²) in [5.41, 5.74) is 8.23. The first-order valence-corrected chi connectivity index (χ1v) is 8.89. The number of aliphatic hydroxyl groups excluding tert-OH is 1. The van der Waals surface area contributed by atoms with Gasteiger partial charge in [0.2, 0.25) is 5.96 Å². The molecule has 12 heteroatoms. The molecule has 0 saturated carbocycles. The number of halogens is 1. The van der Waals surface area contributed by atoms with Gasteiger partial charge in [0.15, 0.2) is 5.82 Å². The second-order valence-corrected chi connectivity index (χ2v) is 6.85. The number of hydrazine groups is 1. The lowest BCUT2D eigenvalue weighted by Gasteiger charge is -2.18. The number of fused-ring (bicyclic) bond motifs is 1. The minimum Gasteiger partial charge on any atom is -0.441 e. The number of rotatable bonds is 4. The third-order valence-electron chi connectivity index (χ3n) is 4.79. The fourth-order valence-electron chi connectivity index (χ4n) is 3.41. The van der Waals surface area contributed by atoms with E-state index in [1.165, 1.54) is 15.6 Å². The zero-order valence-electron chi connectivity index (χ0n) is 15.7. The fourth-order valence-corrected chi connectivity index (χ4v) is 3.41. The second kappa shape index (κ2) is 7.22. The van der Waals surface area contributed by atoms with Crippen LogP contribution >= 0.6 is 0 Å². The second-order valence-electron chi connectivity index (χ2n) is 6.85. The number of guanidine groups is 1. The molecular formula is C17H21FN8O3. The summed E-state index contributed by atoms with van der Waals surface area (Å²) >= 11 is 0. The Kier molecular flexibility index (Phi) is 4.72. The summed E-state index contributed by atoms with van der Waals surface area (Å²) in [6.07, 6.45) is 0.419. The van der Waals surface area contributed by atoms with Gasteiger partial charge in [-0.05, 0) is 18.2 Å². The number of hydrogen-bond donors (Lipinski definition) is 3. The molecule has 1 aromatic carbocycles. The molecule has 3 heterocycles. The largest absolute Gasteiger partial charge is 0.441 e. The number of benzene rings is 1. The third-order valence-corrected chi connectivity index (χ3v) is 4.79. The summed E-state index contributed by atoms with van der Waals surface area (Å²) < 4.78 is 21.4. The van der Waals surface area contributed by atoms with Crippen LogP contribution in [0.15, 0.2) is 29.5 Å². The first-order valence-electron chi connectivity index (χ1n) is 8.89. The Hall–Kier alpha value is -3.38. The van der Waals surface area contributed by atoms with Gasteiger partial charge in [0.25, 0.3) is 0 Å². The average Bonchev–Trinajstić information content (AvgIpc) is 3.35. The molecule has 1 aromatic heterocycles. The minimum absolute atomic E-state index is 0.161. The van der Waals surface area contributed by atoms with Crippen molar-refractivity contribution in [1.29, 1.82) is 0 Å². The maximum atomic E-state index is 14.9. The Bertz CT molecular complexity index is 976. The predicted octanol–water partition coefficient (Wildman–Crippen LogP) is -0.320. The van der Waals surface area contributed by atoms with Crippen LogP contribution in [-0.2, 0) is 17.8 Å². The van der Waals surface area contributed by atoms with E-state index >= 15 is 0 Å². The molecule has 0 aliphatic carbocycles. The Balaban J connectivity index is 1.58. The molecule has 5 N–H and O–H groups in total. The van der Waals surface area contributed by atoms with Gasteiger partial charge in [0.1, 0.15) is 11.8 Å². The molecule has 154 valence electrons. The first-order chi connectivity index (χ1) is 13.9. The molecule has 2 aromatic rings. The Morgan fingerprint density at radius 2 is 2.28 bits per heavy atom. The Morgan fingerprint density at radius 1 is 1.48 bits per heavy atom. The van der Waals surface area contributed by atoms with Crippen LogP contribution in [0.4, 0.5) is 14.9 Å². The van der Waals surface area contributed by atoms with E-state index in [4.69, 9.17) is 21.4 Å². The Labute approximate surface area is 165 Å². The maximum Gasteiger partial charge on any atom is 0.414 e. The van der Waals surface area contributed by atoms with E-state index in [0.717, 1.165) is 16.4 Å². The molecule has 11 nitrogen and oxygen atoms in total. The highest BCUT2D eigenvalue weighted by molar-refractivity contribution is 5.89. The van der Waals surface area contributed by atoms with Crippen LogP contribution in [0, 0.1) is 5.82 Å². The molecule has 1 saturated heterocycles. The summed E-state index contributed by atoms with van der Waals surface area (Å²) in [6.45, 7) is 0.760. The standard InChI is InChI=1S/C17H21FN8O3/c1-23(20)22-16(19)24-6-10-5-21-26(15(10)8-24)14-3-2-11(4-13(14)18)25-7-12(9-27)29-17(25)28/h2-5,12,27H,6-9,20H2,1H3,(H2,19,22)/t12-/m1/s1. The number of nitrogens with two attached hydrogens (primary N) is 2. The molecule has 2 aliphatic heterocycles. The number of ether oxygens (including phenoxy) is 1. The van der Waals surface area contributed by atoms with Crippen LogP contribution in [0.3, 0.4) is 0 Å². The van der Waals surface area contributed by atoms with Crippen molar-refractivity contribution < 1.29 is 19.0 Å². The molecule has 1 atom stereocenters. The van der Waals surface area contributed by atoms with Gasteiger partial charge in [-0.15, -0.1) is 5.10 Å². The topological polar surface area (TPSA) is 138 Å². The van der Waals surface area contributed by atoms with Crippen molar-refractivity contribution in [2.24, 2.45) is 16.7 Å². The average molecular weight is 404 g/mol. The molecule has 1 fully saturated rings. The van der Waals surface area contributed by atoms with Gasteiger partial charge in [-0.1, -0.05) is 0 Å². The zero-order chi connectivity index (χ0) is 20.7. The highest BCUT2D eigenvalue weighted by Gasteiger charge is 2.32. The van der Waals surface area contributed by atoms with E-state index in [9.17, 15) is 9.18 Å². The highest BCUT2D eigenvalue weighted by Crippen LogP contribution is 2.29. The fraction of sp³-hybridized carbons (Fsp3) is 0.353. The van der Waals surface area contributed by atoms with Crippen LogP contribution in [0.5, 0.6) is 0 Å². The molecule has 4 rings (SSSR count). The summed E-state index contributed by atoms with van der Waals surface area (Å²) in [5.74, 6) is 5.20. The lowest BCUT2D eigenvalue weighted by atomic mass is 10.2. The SMILES string of the molecule is CN(N)/N=C(\N)N1Cc2cnn(-c3ccc(N4C[C@H](CO)OC4=O)cc3F)c2C1. The Morgan fingerprint density at radius 3 is 2.93 bits per heavy atom. The molecule has 29 heavy (non-hydrogen) atoms. The van der Waals surface area contributed by atoms with Gasteiger partial charge in [-0.2, -0.15) is 5.10 Å². The highest BCUT2D eigenvalue weighted by atomic mass is 19.1. The van der Waals surface area contributed by atoms with Gasteiger partial charge >= 0.3 is 6.09 Å². The number of anilines is 1. The number of hydrazone groups is 1. The van der Waals surface area contributed by atoms with Gasteiger partial charge in [0.05, 0.1) is 37.3 Å². The third kappa shape index (κ3) is 3.43. The molecule has 2 aliphatic rings. The molecular weight excluding hydrogens is 383 g/mol. The van der Waals surface area contributed by atoms with E-state index in [1.807, 2.05) is 0 Å². The van der Waals surface area contributed by atoms with Gasteiger partial charge in [0, 0.05) is 19.2 Å². The minimum atomic E-state index is -0.620. The lowest BCUT2D eigenvalue weighted by Crippen LogP contribution is -2.36. The van der Waals surface area contributed by atoms with Crippen molar-refractivity contribution in [1.82, 2.24) is 19.8 Å². The van der Waals surface area contributed by atoms with Gasteiger partial charge < -0.3 is 20.5 Å². The van der Waals surface area contributed by atoms with Crippen LogP contribution in [-0.4, -0.2) is 63.3 Å². The van der Waals surface area contributed by atoms with E-state index in [1.54, 1.807) is 30.3 Å². The van der Waals surface area contributed by atoms with Crippen molar-refractivity contribution in [3.8, 4) is 5.69 Å². The number of aromatic nitrogens is 2. The number of hydrogen-bond acceptors (Lipinski definition) is 7. The number of carbonyl (C=O) groups excluding carboxylic acids is 1. The van der Waals surface area contributed by atoms with Crippen molar-refractivity contribution in [3.63, 3.8) is 0 Å². The molecule has 0 radical (unpaired) electrons. The van der Waals surface area contributed by atoms with Crippen molar-refractivity contribution in [2.45, 2.75) is 19.2 Å². The van der Waals surface area contributed by atoms with E-state index < -0.39 is 18.0 Å². The van der Waals surface area contributed by atoms with E-state index in [2.05, 4.69) is 10.2 Å². The number of aliphatic hydroxyl groups is 1. The molecule has 0 bridgehead atoms. The smallest absolute Gasteiger partial charge is 0.414 e. The van der Waals surface area contributed by atoms with Crippen LogP contribution in [0.25, 0.3) is 5.69 Å². The summed E-state index contributed by atoms with van der Waals surface area (Å²) in [7, 11) is 1.56. The van der Waals surface area contributed by atoms with Gasteiger partial charge in [-0.25, -0.2) is 24.8 Å². The molecule has 0 spiro atoms. The van der Waals surface area contributed by atoms with Crippen LogP contribution in [0.1, 0.15) is 11.3 Å². The summed E-state index contributed by atoms with van der Waals surface area (Å²) in [4.78, 5) is 15.0. The van der Waals surface area contributed by atoms with Crippen molar-refractivity contribution in [2.75, 3.05) is 25.1 Å². The quantitative estimate of drug-likeness (QED) is 0.273. The summed E-state index contributed by atoms with van der Waals surface area (Å²) in [5, 5.41) is 18.5. The molecule has 0 unspecified atom stereocenters. The predicted molar refractivity (Wildman–Crippen MR) is 101 cm³/mol. The number of cyclic esters (lactones) is 1. The lowest BCUT2D eigenvalue weighted by molar-refractivity contribution is 0.0963. The van der Waals surface area contributed by atoms with Crippen LogP contribution < -0.4 is 16.5 Å². The molecule has 1 amide bonds. The number of nitrogens with zero attached hydrogens (tertiary/aromatic N) is 6. The van der Waals surface area contributed by atoms with E-state index in [-0.39, 0.29) is 24.8 Å².